The van der Waals surface area contributed by atoms with E-state index in [9.17, 15) is 26.4 Å². The minimum Gasteiger partial charge on any atom is -0.406 e. The molecule has 0 aromatic heterocycles. The number of ether oxygens (including phenoxy) is 1. The van der Waals surface area contributed by atoms with Crippen molar-refractivity contribution in [3.63, 3.8) is 0 Å². The minimum absolute atomic E-state index is 0.0490. The Labute approximate surface area is 178 Å². The van der Waals surface area contributed by atoms with Crippen LogP contribution in [0.5, 0.6) is 5.75 Å². The summed E-state index contributed by atoms with van der Waals surface area (Å²) in [5, 5.41) is 2.60. The number of benzene rings is 2. The average molecular weight is 457 g/mol. The van der Waals surface area contributed by atoms with E-state index in [1.165, 1.54) is 16.4 Å². The third-order valence-electron chi connectivity index (χ3n) is 4.66. The number of rotatable bonds is 7. The molecule has 3 rings (SSSR count). The molecule has 0 spiro atoms. The molecular weight excluding hydrogens is 435 g/mol. The number of nitrogens with zero attached hydrogens (tertiary/aromatic N) is 2. The van der Waals surface area contributed by atoms with Gasteiger partial charge in [-0.05, 0) is 29.8 Å². The first-order valence-electron chi connectivity index (χ1n) is 9.50. The van der Waals surface area contributed by atoms with Crippen molar-refractivity contribution in [2.45, 2.75) is 12.1 Å². The van der Waals surface area contributed by atoms with E-state index in [-0.39, 0.29) is 37.0 Å². The zero-order valence-electron chi connectivity index (χ0n) is 16.5. The van der Waals surface area contributed by atoms with Gasteiger partial charge in [-0.1, -0.05) is 30.3 Å². The van der Waals surface area contributed by atoms with Crippen molar-refractivity contribution in [2.24, 2.45) is 0 Å². The number of piperazine rings is 1. The molecule has 1 aliphatic rings. The van der Waals surface area contributed by atoms with Crippen LogP contribution in [-0.4, -0.2) is 62.6 Å². The molecule has 7 nitrogen and oxygen atoms in total. The Kier molecular flexibility index (Phi) is 7.19. The third kappa shape index (κ3) is 7.23. The largest absolute Gasteiger partial charge is 0.573 e. The number of carbonyl (C=O) groups is 1. The number of nitrogens with one attached hydrogen (secondary N) is 1. The molecule has 0 aliphatic carbocycles. The van der Waals surface area contributed by atoms with Crippen LogP contribution in [0.1, 0.15) is 5.56 Å². The Bertz CT molecular complexity index is 975. The Morgan fingerprint density at radius 1 is 0.968 bits per heavy atom. The lowest BCUT2D eigenvalue weighted by atomic mass is 10.2. The summed E-state index contributed by atoms with van der Waals surface area (Å²) >= 11 is 0. The molecule has 0 saturated carbocycles. The van der Waals surface area contributed by atoms with E-state index in [0.717, 1.165) is 17.7 Å². The third-order valence-corrected chi connectivity index (χ3v) is 6.51. The Morgan fingerprint density at radius 2 is 1.58 bits per heavy atom. The summed E-state index contributed by atoms with van der Waals surface area (Å²) in [6, 6.07) is 13.8. The maximum atomic E-state index is 12.6. The van der Waals surface area contributed by atoms with Crippen LogP contribution in [0.15, 0.2) is 54.6 Å². The van der Waals surface area contributed by atoms with Gasteiger partial charge in [0.05, 0.1) is 12.3 Å². The fourth-order valence-electron chi connectivity index (χ4n) is 3.19. The van der Waals surface area contributed by atoms with Crippen molar-refractivity contribution in [2.75, 3.05) is 38.0 Å². The van der Waals surface area contributed by atoms with Crippen molar-refractivity contribution in [3.8, 4) is 5.75 Å². The van der Waals surface area contributed by atoms with Gasteiger partial charge in [0.25, 0.3) is 0 Å². The first-order chi connectivity index (χ1) is 14.6. The van der Waals surface area contributed by atoms with Gasteiger partial charge in [0, 0.05) is 31.9 Å². The average Bonchev–Trinajstić information content (AvgIpc) is 2.69. The van der Waals surface area contributed by atoms with Crippen LogP contribution in [0.3, 0.4) is 0 Å². The summed E-state index contributed by atoms with van der Waals surface area (Å²) in [7, 11) is -3.44. The molecule has 1 N–H and O–H groups in total. The Balaban J connectivity index is 1.45. The van der Waals surface area contributed by atoms with Crippen molar-refractivity contribution in [1.29, 1.82) is 0 Å². The molecule has 0 unspecified atom stereocenters. The maximum Gasteiger partial charge on any atom is 0.573 e. The molecular formula is C20H22F3N3O4S. The number of anilines is 1. The van der Waals surface area contributed by atoms with Crippen LogP contribution in [0, 0.1) is 0 Å². The monoisotopic (exact) mass is 457 g/mol. The molecule has 1 aliphatic heterocycles. The second-order valence-electron chi connectivity index (χ2n) is 7.04. The lowest BCUT2D eigenvalue weighted by molar-refractivity contribution is -0.274. The number of sulfonamides is 1. The molecule has 1 heterocycles. The standard InChI is InChI=1S/C20H22F3N3O4S/c21-20(22,23)30-18-8-6-17(7-9-18)24-19(27)14-25-10-12-26(13-11-25)31(28,29)15-16-4-2-1-3-5-16/h1-9H,10-15H2,(H,24,27). The van der Waals surface area contributed by atoms with Gasteiger partial charge in [0.2, 0.25) is 15.9 Å². The lowest BCUT2D eigenvalue weighted by Gasteiger charge is -2.33. The second-order valence-corrected chi connectivity index (χ2v) is 9.01. The zero-order valence-corrected chi connectivity index (χ0v) is 17.3. The van der Waals surface area contributed by atoms with E-state index >= 15 is 0 Å². The Morgan fingerprint density at radius 3 is 2.16 bits per heavy atom. The summed E-state index contributed by atoms with van der Waals surface area (Å²) in [5.41, 5.74) is 1.06. The first kappa shape index (κ1) is 23.0. The summed E-state index contributed by atoms with van der Waals surface area (Å²) < 4.78 is 66.9. The molecule has 2 aromatic rings. The molecule has 1 fully saturated rings. The second kappa shape index (κ2) is 9.67. The van der Waals surface area contributed by atoms with E-state index < -0.39 is 16.4 Å². The fourth-order valence-corrected chi connectivity index (χ4v) is 4.70. The van der Waals surface area contributed by atoms with Crippen LogP contribution in [0.25, 0.3) is 0 Å². The molecule has 0 atom stereocenters. The summed E-state index contributed by atoms with van der Waals surface area (Å²) in [4.78, 5) is 14.0. The van der Waals surface area contributed by atoms with Gasteiger partial charge in [-0.2, -0.15) is 4.31 Å². The van der Waals surface area contributed by atoms with E-state index in [0.29, 0.717) is 18.8 Å². The zero-order chi connectivity index (χ0) is 22.5. The highest BCUT2D eigenvalue weighted by Gasteiger charge is 2.31. The highest BCUT2D eigenvalue weighted by Crippen LogP contribution is 2.24. The smallest absolute Gasteiger partial charge is 0.406 e. The van der Waals surface area contributed by atoms with Gasteiger partial charge >= 0.3 is 6.36 Å². The highest BCUT2D eigenvalue weighted by atomic mass is 32.2. The fraction of sp³-hybridized carbons (Fsp3) is 0.350. The van der Waals surface area contributed by atoms with Gasteiger partial charge < -0.3 is 10.1 Å². The summed E-state index contributed by atoms with van der Waals surface area (Å²) in [5.74, 6) is -0.786. The number of carbonyl (C=O) groups excluding carboxylic acids is 1. The van der Waals surface area contributed by atoms with Crippen LogP contribution in [0.4, 0.5) is 18.9 Å². The molecule has 11 heteroatoms. The van der Waals surface area contributed by atoms with Crippen LogP contribution in [-0.2, 0) is 20.6 Å². The maximum absolute atomic E-state index is 12.6. The van der Waals surface area contributed by atoms with Crippen LogP contribution in [0.2, 0.25) is 0 Å². The molecule has 1 saturated heterocycles. The van der Waals surface area contributed by atoms with Crippen molar-refractivity contribution < 1.29 is 31.1 Å². The van der Waals surface area contributed by atoms with Crippen LogP contribution < -0.4 is 10.1 Å². The minimum atomic E-state index is -4.78. The van der Waals surface area contributed by atoms with Crippen molar-refractivity contribution >= 4 is 21.6 Å². The summed E-state index contributed by atoms with van der Waals surface area (Å²) in [6.07, 6.45) is -4.78. The molecule has 1 amide bonds. The van der Waals surface area contributed by atoms with E-state index in [2.05, 4.69) is 10.1 Å². The molecule has 2 aromatic carbocycles. The lowest BCUT2D eigenvalue weighted by Crippen LogP contribution is -2.50. The predicted molar refractivity (Wildman–Crippen MR) is 109 cm³/mol. The van der Waals surface area contributed by atoms with Gasteiger partial charge in [-0.25, -0.2) is 8.42 Å². The van der Waals surface area contributed by atoms with Gasteiger partial charge in [0.1, 0.15) is 5.75 Å². The first-order valence-corrected chi connectivity index (χ1v) is 11.1. The number of hydrogen-bond donors (Lipinski definition) is 1. The number of alkyl halides is 3. The normalized spacial score (nSPS) is 16.1. The molecule has 0 radical (unpaired) electrons. The predicted octanol–water partition coefficient (Wildman–Crippen LogP) is 2.67. The SMILES string of the molecule is O=C(CN1CCN(S(=O)(=O)Cc2ccccc2)CC1)Nc1ccc(OC(F)(F)F)cc1. The van der Waals surface area contributed by atoms with E-state index in [4.69, 9.17) is 0 Å². The quantitative estimate of drug-likeness (QED) is 0.692. The van der Waals surface area contributed by atoms with E-state index in [1.54, 1.807) is 24.3 Å². The Hall–Kier alpha value is -2.63. The van der Waals surface area contributed by atoms with Crippen molar-refractivity contribution in [1.82, 2.24) is 9.21 Å². The molecule has 168 valence electrons. The van der Waals surface area contributed by atoms with Crippen LogP contribution >= 0.6 is 0 Å². The number of hydrogen-bond acceptors (Lipinski definition) is 5. The topological polar surface area (TPSA) is 79.0 Å². The highest BCUT2D eigenvalue weighted by molar-refractivity contribution is 7.88. The molecule has 0 bridgehead atoms. The van der Waals surface area contributed by atoms with Gasteiger partial charge in [-0.3, -0.25) is 9.69 Å². The van der Waals surface area contributed by atoms with Crippen molar-refractivity contribution in [3.05, 3.63) is 60.2 Å². The van der Waals surface area contributed by atoms with E-state index in [1.807, 2.05) is 11.0 Å². The van der Waals surface area contributed by atoms with Gasteiger partial charge in [-0.15, -0.1) is 13.2 Å². The summed E-state index contributed by atoms with van der Waals surface area (Å²) in [6.45, 7) is 1.42. The molecule has 31 heavy (non-hydrogen) atoms. The van der Waals surface area contributed by atoms with Gasteiger partial charge in [0.15, 0.2) is 0 Å². The number of halogens is 3. The number of amides is 1.